The Kier molecular flexibility index (Phi) is 4.02. The van der Waals surface area contributed by atoms with Crippen LogP contribution in [0, 0.1) is 5.82 Å². The van der Waals surface area contributed by atoms with E-state index >= 15 is 0 Å². The molecule has 0 radical (unpaired) electrons. The molecule has 0 saturated heterocycles. The summed E-state index contributed by atoms with van der Waals surface area (Å²) in [7, 11) is 0. The molecule has 0 unspecified atom stereocenters. The molecule has 0 aliphatic carbocycles. The van der Waals surface area contributed by atoms with E-state index in [9.17, 15) is 4.39 Å². The van der Waals surface area contributed by atoms with E-state index in [1.807, 2.05) is 35.2 Å². The van der Waals surface area contributed by atoms with Crippen LogP contribution in [0.1, 0.15) is 18.1 Å². The number of halogens is 1. The van der Waals surface area contributed by atoms with Gasteiger partial charge in [-0.1, -0.05) is 13.0 Å². The molecule has 0 aliphatic rings. The minimum absolute atomic E-state index is 0.216. The van der Waals surface area contributed by atoms with E-state index in [4.69, 9.17) is 4.42 Å². The van der Waals surface area contributed by atoms with Crippen molar-refractivity contribution in [3.05, 3.63) is 83.9 Å². The molecule has 4 rings (SSSR count). The number of aromatic nitrogens is 2. The maximum atomic E-state index is 13.0. The number of pyridine rings is 1. The van der Waals surface area contributed by atoms with Crippen LogP contribution in [0.3, 0.4) is 0 Å². The molecule has 0 saturated carbocycles. The van der Waals surface area contributed by atoms with Gasteiger partial charge in [0.15, 0.2) is 24.5 Å². The number of benzene rings is 2. The molecule has 124 valence electrons. The second-order valence-electron chi connectivity index (χ2n) is 6.06. The highest BCUT2D eigenvalue weighted by Crippen LogP contribution is 2.24. The Morgan fingerprint density at radius 1 is 0.960 bits per heavy atom. The van der Waals surface area contributed by atoms with Gasteiger partial charge in [-0.05, 0) is 48.4 Å². The van der Waals surface area contributed by atoms with Gasteiger partial charge in [0.2, 0.25) is 5.89 Å². The van der Waals surface area contributed by atoms with Crippen LogP contribution < -0.4 is 4.57 Å². The van der Waals surface area contributed by atoms with E-state index < -0.39 is 0 Å². The van der Waals surface area contributed by atoms with Gasteiger partial charge in [0, 0.05) is 23.3 Å². The molecule has 2 heterocycles. The van der Waals surface area contributed by atoms with Gasteiger partial charge in [-0.25, -0.2) is 13.9 Å². The van der Waals surface area contributed by atoms with E-state index in [1.54, 1.807) is 12.1 Å². The molecule has 0 aliphatic heterocycles. The van der Waals surface area contributed by atoms with Crippen LogP contribution in [0.4, 0.5) is 4.39 Å². The molecule has 0 fully saturated rings. The van der Waals surface area contributed by atoms with Gasteiger partial charge in [-0.2, -0.15) is 0 Å². The summed E-state index contributed by atoms with van der Waals surface area (Å²) in [5, 5.41) is 0. The smallest absolute Gasteiger partial charge is 0.227 e. The van der Waals surface area contributed by atoms with Gasteiger partial charge in [-0.3, -0.25) is 0 Å². The van der Waals surface area contributed by atoms with Crippen molar-refractivity contribution in [3.8, 4) is 11.5 Å². The lowest BCUT2D eigenvalue weighted by molar-refractivity contribution is -0.688. The molecule has 0 spiro atoms. The fraction of sp³-hybridized carbons (Fsp3) is 0.143. The number of aryl methyl sites for hydroxylation is 1. The van der Waals surface area contributed by atoms with Crippen LogP contribution in [-0.4, -0.2) is 4.98 Å². The first kappa shape index (κ1) is 15.5. The quantitative estimate of drug-likeness (QED) is 0.514. The van der Waals surface area contributed by atoms with Crippen LogP contribution in [-0.2, 0) is 13.0 Å². The summed E-state index contributed by atoms with van der Waals surface area (Å²) in [6.07, 6.45) is 4.93. The standard InChI is InChI=1S/C21H18FN2O/c1-2-15-5-8-20-19(13-15)23-21(25-20)17-9-11-24(12-10-17)14-16-3-6-18(22)7-4-16/h3-13H,2,14H2,1H3/q+1. The Balaban J connectivity index is 1.58. The number of oxazole rings is 1. The van der Waals surface area contributed by atoms with Gasteiger partial charge in [0.1, 0.15) is 11.3 Å². The second-order valence-corrected chi connectivity index (χ2v) is 6.06. The molecule has 3 nitrogen and oxygen atoms in total. The zero-order valence-electron chi connectivity index (χ0n) is 13.9. The SMILES string of the molecule is CCc1ccc2oc(-c3cc[n+](Cc4ccc(F)cc4)cc3)nc2c1. The summed E-state index contributed by atoms with van der Waals surface area (Å²) in [5.74, 6) is 0.406. The highest BCUT2D eigenvalue weighted by molar-refractivity contribution is 5.76. The molecular weight excluding hydrogens is 315 g/mol. The fourth-order valence-corrected chi connectivity index (χ4v) is 2.82. The normalized spacial score (nSPS) is 11.1. The van der Waals surface area contributed by atoms with Crippen molar-refractivity contribution in [1.29, 1.82) is 0 Å². The summed E-state index contributed by atoms with van der Waals surface area (Å²) in [6, 6.07) is 16.6. The van der Waals surface area contributed by atoms with E-state index in [-0.39, 0.29) is 5.82 Å². The average Bonchev–Trinajstić information content (AvgIpc) is 3.07. The maximum Gasteiger partial charge on any atom is 0.227 e. The molecule has 25 heavy (non-hydrogen) atoms. The number of hydrogen-bond donors (Lipinski definition) is 0. The lowest BCUT2D eigenvalue weighted by atomic mass is 10.1. The predicted molar refractivity (Wildman–Crippen MR) is 94.5 cm³/mol. The first-order chi connectivity index (χ1) is 12.2. The molecule has 0 N–H and O–H groups in total. The predicted octanol–water partition coefficient (Wildman–Crippen LogP) is 4.53. The zero-order valence-corrected chi connectivity index (χ0v) is 13.9. The Bertz CT molecular complexity index is 1000. The summed E-state index contributed by atoms with van der Waals surface area (Å²) in [4.78, 5) is 4.60. The van der Waals surface area contributed by atoms with Gasteiger partial charge in [0.05, 0.1) is 0 Å². The lowest BCUT2D eigenvalue weighted by Gasteiger charge is -1.99. The van der Waals surface area contributed by atoms with E-state index in [0.717, 1.165) is 28.6 Å². The van der Waals surface area contributed by atoms with Crippen molar-refractivity contribution in [1.82, 2.24) is 4.98 Å². The third-order valence-corrected chi connectivity index (χ3v) is 4.28. The summed E-state index contributed by atoms with van der Waals surface area (Å²) >= 11 is 0. The number of nitrogens with zero attached hydrogens (tertiary/aromatic N) is 2. The molecule has 0 atom stereocenters. The minimum Gasteiger partial charge on any atom is -0.436 e. The third kappa shape index (κ3) is 3.29. The zero-order chi connectivity index (χ0) is 17.2. The first-order valence-electron chi connectivity index (χ1n) is 8.34. The highest BCUT2D eigenvalue weighted by Gasteiger charge is 2.11. The van der Waals surface area contributed by atoms with Gasteiger partial charge in [0.25, 0.3) is 0 Å². The van der Waals surface area contributed by atoms with Crippen molar-refractivity contribution in [2.24, 2.45) is 0 Å². The van der Waals surface area contributed by atoms with Crippen molar-refractivity contribution in [2.75, 3.05) is 0 Å². The van der Waals surface area contributed by atoms with Crippen molar-refractivity contribution < 1.29 is 13.4 Å². The molecule has 4 aromatic rings. The van der Waals surface area contributed by atoms with Crippen molar-refractivity contribution in [2.45, 2.75) is 19.9 Å². The van der Waals surface area contributed by atoms with Crippen molar-refractivity contribution in [3.63, 3.8) is 0 Å². The van der Waals surface area contributed by atoms with Gasteiger partial charge < -0.3 is 4.42 Å². The molecular formula is C21H18FN2O+. The van der Waals surface area contributed by atoms with Gasteiger partial charge in [-0.15, -0.1) is 0 Å². The van der Waals surface area contributed by atoms with Crippen LogP contribution in [0.2, 0.25) is 0 Å². The van der Waals surface area contributed by atoms with E-state index in [2.05, 4.69) is 24.0 Å². The third-order valence-electron chi connectivity index (χ3n) is 4.28. The summed E-state index contributed by atoms with van der Waals surface area (Å²) < 4.78 is 20.9. The largest absolute Gasteiger partial charge is 0.436 e. The second kappa shape index (κ2) is 6.48. The van der Waals surface area contributed by atoms with Crippen LogP contribution in [0.5, 0.6) is 0 Å². The molecule has 2 aromatic heterocycles. The Morgan fingerprint density at radius 3 is 2.40 bits per heavy atom. The Labute approximate surface area is 145 Å². The van der Waals surface area contributed by atoms with Crippen molar-refractivity contribution >= 4 is 11.1 Å². The number of rotatable bonds is 4. The maximum absolute atomic E-state index is 13.0. The number of hydrogen-bond acceptors (Lipinski definition) is 2. The minimum atomic E-state index is -0.216. The number of fused-ring (bicyclic) bond motifs is 1. The molecule has 4 heteroatoms. The lowest BCUT2D eigenvalue weighted by Crippen LogP contribution is -2.32. The van der Waals surface area contributed by atoms with Crippen LogP contribution in [0.25, 0.3) is 22.6 Å². The van der Waals surface area contributed by atoms with Crippen LogP contribution >= 0.6 is 0 Å². The highest BCUT2D eigenvalue weighted by atomic mass is 19.1. The Hall–Kier alpha value is -3.01. The van der Waals surface area contributed by atoms with Gasteiger partial charge >= 0.3 is 0 Å². The summed E-state index contributed by atoms with van der Waals surface area (Å²) in [6.45, 7) is 2.81. The van der Waals surface area contributed by atoms with E-state index in [1.165, 1.54) is 17.7 Å². The molecule has 0 amide bonds. The molecule has 0 bridgehead atoms. The monoisotopic (exact) mass is 333 g/mol. The fourth-order valence-electron chi connectivity index (χ4n) is 2.82. The van der Waals surface area contributed by atoms with E-state index in [0.29, 0.717) is 12.4 Å². The topological polar surface area (TPSA) is 29.9 Å². The first-order valence-corrected chi connectivity index (χ1v) is 8.34. The molecule has 2 aromatic carbocycles. The Morgan fingerprint density at radius 2 is 1.68 bits per heavy atom. The summed E-state index contributed by atoms with van der Waals surface area (Å²) in [5.41, 5.74) is 4.92. The average molecular weight is 333 g/mol. The van der Waals surface area contributed by atoms with Crippen LogP contribution in [0.15, 0.2) is 71.4 Å².